The van der Waals surface area contributed by atoms with Gasteiger partial charge in [-0.05, 0) is 18.1 Å². The summed E-state index contributed by atoms with van der Waals surface area (Å²) in [5, 5.41) is 1.83. The van der Waals surface area contributed by atoms with E-state index in [1.165, 1.54) is 12.3 Å². The van der Waals surface area contributed by atoms with Gasteiger partial charge in [-0.1, -0.05) is 20.8 Å². The standard InChI is InChI=1S/C15H27N3O4Si/c1-15(2,3)23(5,6)21-10-11-9-13(22-17(11)4)18-12(19)7-8-16-14(18)20/h7-8,11,13H,9-10H2,1-6H3,(H,16,20)/t11-,13-/m1/s1. The lowest BCUT2D eigenvalue weighted by Crippen LogP contribution is -2.44. The molecule has 0 spiro atoms. The maximum absolute atomic E-state index is 11.9. The zero-order valence-electron chi connectivity index (χ0n) is 14.8. The molecule has 2 atom stereocenters. The summed E-state index contributed by atoms with van der Waals surface area (Å²) in [5.74, 6) is 0. The summed E-state index contributed by atoms with van der Waals surface area (Å²) in [4.78, 5) is 32.0. The van der Waals surface area contributed by atoms with Crippen LogP contribution in [0.4, 0.5) is 0 Å². The van der Waals surface area contributed by atoms with Crippen LogP contribution in [0.1, 0.15) is 33.4 Å². The lowest BCUT2D eigenvalue weighted by molar-refractivity contribution is -0.170. The number of likely N-dealkylation sites (N-methyl/N-ethyl adjacent to an activating group) is 1. The van der Waals surface area contributed by atoms with Crippen LogP contribution in [0.25, 0.3) is 0 Å². The molecule has 0 unspecified atom stereocenters. The van der Waals surface area contributed by atoms with Crippen LogP contribution in [0.3, 0.4) is 0 Å². The molecule has 2 heterocycles. The molecule has 0 bridgehead atoms. The van der Waals surface area contributed by atoms with E-state index in [4.69, 9.17) is 9.26 Å². The molecular formula is C15H27N3O4Si. The molecule has 0 aliphatic carbocycles. The predicted octanol–water partition coefficient (Wildman–Crippen LogP) is 1.69. The van der Waals surface area contributed by atoms with Crippen LogP contribution in [0.15, 0.2) is 21.9 Å². The second-order valence-electron chi connectivity index (χ2n) is 7.56. The molecule has 1 aliphatic heterocycles. The Morgan fingerprint density at radius 2 is 2.04 bits per heavy atom. The zero-order valence-corrected chi connectivity index (χ0v) is 15.8. The van der Waals surface area contributed by atoms with Gasteiger partial charge in [0.05, 0.1) is 12.6 Å². The average Bonchev–Trinajstić information content (AvgIpc) is 2.76. The fourth-order valence-corrected chi connectivity index (χ4v) is 3.30. The number of hydrogen-bond acceptors (Lipinski definition) is 5. The second-order valence-corrected chi connectivity index (χ2v) is 12.4. The van der Waals surface area contributed by atoms with E-state index in [9.17, 15) is 9.59 Å². The molecule has 0 amide bonds. The third-order valence-electron chi connectivity index (χ3n) is 4.90. The van der Waals surface area contributed by atoms with Gasteiger partial charge in [0.25, 0.3) is 5.56 Å². The smallest absolute Gasteiger partial charge is 0.330 e. The van der Waals surface area contributed by atoms with Gasteiger partial charge in [0.2, 0.25) is 0 Å². The van der Waals surface area contributed by atoms with Crippen molar-refractivity contribution in [3.8, 4) is 0 Å². The molecule has 1 aliphatic rings. The Labute approximate surface area is 137 Å². The Hall–Kier alpha value is -1.22. The maximum atomic E-state index is 11.9. The number of H-pyrrole nitrogens is 1. The third-order valence-corrected chi connectivity index (χ3v) is 9.40. The van der Waals surface area contributed by atoms with Crippen molar-refractivity contribution >= 4 is 8.32 Å². The van der Waals surface area contributed by atoms with E-state index in [0.717, 1.165) is 4.57 Å². The van der Waals surface area contributed by atoms with Crippen LogP contribution in [-0.2, 0) is 9.26 Å². The molecule has 8 heteroatoms. The van der Waals surface area contributed by atoms with Crippen molar-refractivity contribution < 1.29 is 9.26 Å². The van der Waals surface area contributed by atoms with Gasteiger partial charge in [-0.25, -0.2) is 9.36 Å². The first-order chi connectivity index (χ1) is 10.5. The van der Waals surface area contributed by atoms with Crippen molar-refractivity contribution in [2.24, 2.45) is 0 Å². The first-order valence-corrected chi connectivity index (χ1v) is 10.8. The number of nitrogens with one attached hydrogen (secondary N) is 1. The number of rotatable bonds is 4. The number of aromatic nitrogens is 2. The van der Waals surface area contributed by atoms with E-state index in [1.54, 1.807) is 5.06 Å². The third kappa shape index (κ3) is 3.82. The number of aromatic amines is 1. The molecule has 1 N–H and O–H groups in total. The van der Waals surface area contributed by atoms with Crippen molar-refractivity contribution in [1.29, 1.82) is 0 Å². The van der Waals surface area contributed by atoms with Gasteiger partial charge < -0.3 is 9.41 Å². The summed E-state index contributed by atoms with van der Waals surface area (Å²) >= 11 is 0. The van der Waals surface area contributed by atoms with E-state index in [2.05, 4.69) is 38.8 Å². The highest BCUT2D eigenvalue weighted by Crippen LogP contribution is 2.37. The monoisotopic (exact) mass is 341 g/mol. The van der Waals surface area contributed by atoms with Crippen LogP contribution in [-0.4, -0.2) is 42.6 Å². The van der Waals surface area contributed by atoms with Gasteiger partial charge in [0.15, 0.2) is 14.5 Å². The van der Waals surface area contributed by atoms with Crippen LogP contribution < -0.4 is 11.2 Å². The quantitative estimate of drug-likeness (QED) is 0.844. The van der Waals surface area contributed by atoms with Crippen molar-refractivity contribution in [2.45, 2.75) is 57.6 Å². The van der Waals surface area contributed by atoms with Gasteiger partial charge in [0, 0.05) is 25.7 Å². The van der Waals surface area contributed by atoms with E-state index < -0.39 is 20.2 Å². The summed E-state index contributed by atoms with van der Waals surface area (Å²) in [6.45, 7) is 11.5. The molecule has 130 valence electrons. The fraction of sp³-hybridized carbons (Fsp3) is 0.733. The molecule has 1 saturated heterocycles. The average molecular weight is 341 g/mol. The maximum Gasteiger partial charge on any atom is 0.330 e. The highest BCUT2D eigenvalue weighted by Gasteiger charge is 2.40. The minimum Gasteiger partial charge on any atom is -0.415 e. The lowest BCUT2D eigenvalue weighted by Gasteiger charge is -2.37. The van der Waals surface area contributed by atoms with Gasteiger partial charge in [-0.2, -0.15) is 5.06 Å². The van der Waals surface area contributed by atoms with Crippen LogP contribution in [0, 0.1) is 0 Å². The van der Waals surface area contributed by atoms with Crippen LogP contribution in [0.5, 0.6) is 0 Å². The Morgan fingerprint density at radius 1 is 1.39 bits per heavy atom. The fourth-order valence-electron chi connectivity index (χ4n) is 2.26. The van der Waals surface area contributed by atoms with Gasteiger partial charge in [-0.15, -0.1) is 0 Å². The lowest BCUT2D eigenvalue weighted by atomic mass is 10.2. The van der Waals surface area contributed by atoms with E-state index in [1.807, 2.05) is 7.05 Å². The molecule has 0 aromatic carbocycles. The van der Waals surface area contributed by atoms with Crippen LogP contribution in [0.2, 0.25) is 18.1 Å². The Kier molecular flexibility index (Phi) is 5.00. The molecule has 0 saturated carbocycles. The Morgan fingerprint density at radius 3 is 2.61 bits per heavy atom. The molecule has 2 rings (SSSR count). The predicted molar refractivity (Wildman–Crippen MR) is 90.8 cm³/mol. The van der Waals surface area contributed by atoms with Gasteiger partial charge in [0.1, 0.15) is 0 Å². The molecular weight excluding hydrogens is 314 g/mol. The molecule has 1 aromatic rings. The summed E-state index contributed by atoms with van der Waals surface area (Å²) in [6, 6.07) is 1.34. The highest BCUT2D eigenvalue weighted by atomic mass is 28.4. The molecule has 7 nitrogen and oxygen atoms in total. The summed E-state index contributed by atoms with van der Waals surface area (Å²) in [5.41, 5.74) is -0.819. The Bertz CT molecular complexity index is 633. The van der Waals surface area contributed by atoms with Gasteiger partial charge >= 0.3 is 5.69 Å². The molecule has 1 aromatic heterocycles. The second kappa shape index (κ2) is 6.35. The van der Waals surface area contributed by atoms with Crippen molar-refractivity contribution in [1.82, 2.24) is 14.6 Å². The van der Waals surface area contributed by atoms with Crippen LogP contribution >= 0.6 is 0 Å². The number of hydroxylamine groups is 2. The SMILES string of the molecule is CN1O[C@@H](n2c(=O)cc[nH]c2=O)C[C@@H]1CO[Si](C)(C)C(C)(C)C. The topological polar surface area (TPSA) is 76.6 Å². The summed E-state index contributed by atoms with van der Waals surface area (Å²) in [7, 11) is -0.0364. The van der Waals surface area contributed by atoms with Gasteiger partial charge in [-0.3, -0.25) is 9.63 Å². The first kappa shape index (κ1) is 18.1. The first-order valence-electron chi connectivity index (χ1n) is 7.87. The number of nitrogens with zero attached hydrogens (tertiary/aromatic N) is 2. The van der Waals surface area contributed by atoms with Crippen molar-refractivity contribution in [3.63, 3.8) is 0 Å². The van der Waals surface area contributed by atoms with E-state index in [0.29, 0.717) is 13.0 Å². The minimum atomic E-state index is -1.84. The normalized spacial score (nSPS) is 23.4. The van der Waals surface area contributed by atoms with E-state index in [-0.39, 0.29) is 16.6 Å². The molecule has 23 heavy (non-hydrogen) atoms. The minimum absolute atomic E-state index is 0.0145. The summed E-state index contributed by atoms with van der Waals surface area (Å²) < 4.78 is 7.35. The summed E-state index contributed by atoms with van der Waals surface area (Å²) in [6.07, 6.45) is 1.29. The molecule has 1 fully saturated rings. The Balaban J connectivity index is 2.08. The largest absolute Gasteiger partial charge is 0.415 e. The highest BCUT2D eigenvalue weighted by molar-refractivity contribution is 6.74. The zero-order chi connectivity index (χ0) is 17.4. The van der Waals surface area contributed by atoms with Crippen molar-refractivity contribution in [2.75, 3.05) is 13.7 Å². The molecule has 0 radical (unpaired) electrons. The van der Waals surface area contributed by atoms with E-state index >= 15 is 0 Å². The van der Waals surface area contributed by atoms with Crippen molar-refractivity contribution in [3.05, 3.63) is 33.1 Å². The number of hydrogen-bond donors (Lipinski definition) is 1.